The van der Waals surface area contributed by atoms with E-state index in [0.717, 1.165) is 0 Å². The average Bonchev–Trinajstić information content (AvgIpc) is 2.57. The van der Waals surface area contributed by atoms with Gasteiger partial charge in [0.25, 0.3) is 0 Å². The number of hydrogen-bond acceptors (Lipinski definition) is 6. The summed E-state index contributed by atoms with van der Waals surface area (Å²) in [5, 5.41) is 0. The lowest BCUT2D eigenvalue weighted by atomic mass is 10.5. The van der Waals surface area contributed by atoms with Crippen molar-refractivity contribution in [2.24, 2.45) is 0 Å². The van der Waals surface area contributed by atoms with Crippen LogP contribution in [0.5, 0.6) is 0 Å². The Balaban J connectivity index is 5.02. The molecule has 0 heterocycles. The van der Waals surface area contributed by atoms with Crippen molar-refractivity contribution < 1.29 is 26.6 Å². The molecule has 0 rings (SSSR count). The average molecular weight is 425 g/mol. The predicted molar refractivity (Wildman–Crippen MR) is 108 cm³/mol. The molecular weight excluding hydrogens is 389 g/mol. The summed E-state index contributed by atoms with van der Waals surface area (Å²) < 4.78 is 33.4. The van der Waals surface area contributed by atoms with E-state index < -0.39 is 36.6 Å². The van der Waals surface area contributed by atoms with Crippen LogP contribution in [0.15, 0.2) is 0 Å². The van der Waals surface area contributed by atoms with Crippen LogP contribution >= 0.6 is 0 Å². The maximum Gasteiger partial charge on any atom is 0.386 e. The highest BCUT2D eigenvalue weighted by atomic mass is 28.3. The van der Waals surface area contributed by atoms with E-state index in [2.05, 4.69) is 20.8 Å². The molecule has 0 N–H and O–H groups in total. The minimum atomic E-state index is -1.21. The number of rotatable bonds is 15. The molecule has 0 saturated heterocycles. The molecule has 0 aliphatic carbocycles. The molecule has 148 valence electrons. The van der Waals surface area contributed by atoms with Crippen molar-refractivity contribution in [2.45, 2.75) is 55.5 Å². The molecule has 3 atom stereocenters. The van der Waals surface area contributed by atoms with Crippen molar-refractivity contribution in [2.75, 3.05) is 42.7 Å². The van der Waals surface area contributed by atoms with E-state index in [1.165, 1.54) is 18.1 Å². The quantitative estimate of drug-likeness (QED) is 0.377. The second-order valence-corrected chi connectivity index (χ2v) is 16.3. The molecule has 25 heavy (non-hydrogen) atoms. The van der Waals surface area contributed by atoms with Crippen LogP contribution in [0, 0.1) is 0 Å². The minimum Gasteiger partial charge on any atom is -0.397 e. The molecule has 0 aliphatic rings. The first-order valence-electron chi connectivity index (χ1n) is 8.56. The lowest BCUT2D eigenvalue weighted by Crippen LogP contribution is -2.34. The molecule has 0 fully saturated rings. The molecule has 0 aromatic heterocycles. The predicted octanol–water partition coefficient (Wildman–Crippen LogP) is 2.99. The van der Waals surface area contributed by atoms with Crippen molar-refractivity contribution in [1.82, 2.24) is 0 Å². The van der Waals surface area contributed by atoms with Crippen LogP contribution in [0.3, 0.4) is 0 Å². The fraction of sp³-hybridized carbons (Fsp3) is 1.00. The van der Waals surface area contributed by atoms with Crippen molar-refractivity contribution in [1.29, 1.82) is 0 Å². The van der Waals surface area contributed by atoms with Gasteiger partial charge < -0.3 is 26.6 Å². The van der Waals surface area contributed by atoms with Gasteiger partial charge in [0, 0.05) is 51.5 Å². The Kier molecular flexibility index (Phi) is 15.0. The van der Waals surface area contributed by atoms with Gasteiger partial charge in [-0.15, -0.1) is 0 Å². The van der Waals surface area contributed by atoms with Crippen molar-refractivity contribution >= 4 is 36.6 Å². The van der Waals surface area contributed by atoms with Gasteiger partial charge in [0.2, 0.25) is 0 Å². The van der Waals surface area contributed by atoms with E-state index in [-0.39, 0.29) is 0 Å². The Bertz CT molecular complexity index is 269. The van der Waals surface area contributed by atoms with E-state index in [4.69, 9.17) is 26.6 Å². The van der Waals surface area contributed by atoms with E-state index in [1.807, 2.05) is 0 Å². The van der Waals surface area contributed by atoms with E-state index >= 15 is 0 Å². The molecule has 6 nitrogen and oxygen atoms in total. The summed E-state index contributed by atoms with van der Waals surface area (Å²) >= 11 is 0. The molecule has 0 saturated carbocycles. The molecule has 0 bridgehead atoms. The van der Waals surface area contributed by atoms with Crippen molar-refractivity contribution in [3.05, 3.63) is 0 Å². The van der Waals surface area contributed by atoms with E-state index in [1.54, 1.807) is 42.7 Å². The zero-order valence-corrected chi connectivity index (χ0v) is 21.3. The van der Waals surface area contributed by atoms with Gasteiger partial charge in [-0.1, -0.05) is 38.9 Å². The first-order chi connectivity index (χ1) is 11.9. The van der Waals surface area contributed by atoms with Gasteiger partial charge in [0.1, 0.15) is 0 Å². The second kappa shape index (κ2) is 14.7. The highest BCUT2D eigenvalue weighted by molar-refractivity contribution is 6.65. The fourth-order valence-corrected chi connectivity index (χ4v) is 13.9. The molecular formula is C15H36O6Si4. The molecule has 0 amide bonds. The normalized spacial score (nSPS) is 16.2. The summed E-state index contributed by atoms with van der Waals surface area (Å²) in [7, 11) is 6.23. The lowest BCUT2D eigenvalue weighted by Gasteiger charge is -2.28. The van der Waals surface area contributed by atoms with Crippen LogP contribution in [0.2, 0.25) is 34.8 Å². The van der Waals surface area contributed by atoms with E-state index in [9.17, 15) is 0 Å². The molecule has 10 heteroatoms. The van der Waals surface area contributed by atoms with Gasteiger partial charge in [0.15, 0.2) is 0 Å². The summed E-state index contributed by atoms with van der Waals surface area (Å²) in [6.07, 6.45) is 0. The van der Waals surface area contributed by atoms with Gasteiger partial charge in [-0.2, -0.15) is 0 Å². The molecule has 0 aliphatic heterocycles. The topological polar surface area (TPSA) is 55.4 Å². The largest absolute Gasteiger partial charge is 0.397 e. The van der Waals surface area contributed by atoms with Crippen LogP contribution in [0.1, 0.15) is 20.8 Å². The van der Waals surface area contributed by atoms with Gasteiger partial charge in [-0.25, -0.2) is 0 Å². The first kappa shape index (κ1) is 25.6. The summed E-state index contributed by atoms with van der Waals surface area (Å²) in [5.74, 6) is 0. The van der Waals surface area contributed by atoms with Crippen LogP contribution in [0.25, 0.3) is 0 Å². The van der Waals surface area contributed by atoms with Gasteiger partial charge in [-0.3, -0.25) is 0 Å². The van der Waals surface area contributed by atoms with Gasteiger partial charge in [0.05, 0.1) is 0 Å². The Morgan fingerprint density at radius 2 is 0.680 bits per heavy atom. The van der Waals surface area contributed by atoms with Crippen LogP contribution < -0.4 is 0 Å². The molecule has 0 aromatic rings. The Morgan fingerprint density at radius 3 is 0.840 bits per heavy atom. The first-order valence-corrected chi connectivity index (χ1v) is 14.9. The maximum atomic E-state index is 5.56. The Hall–Kier alpha value is 0.628. The maximum absolute atomic E-state index is 5.56. The molecule has 0 spiro atoms. The molecule has 3 unspecified atom stereocenters. The third kappa shape index (κ3) is 9.40. The molecule has 4 radical (unpaired) electrons. The summed E-state index contributed by atoms with van der Waals surface area (Å²) in [5.41, 5.74) is 1.36. The standard InChI is InChI=1S/C15H36O6Si4/c1-13(23(16-4)17-5)10-22(11-14(2)24(18-6)19-7)12-15(3)25(20-8)21-9/h13-15H,10-12H2,1-9H3. The second-order valence-electron chi connectivity index (χ2n) is 6.25. The smallest absolute Gasteiger partial charge is 0.386 e. The van der Waals surface area contributed by atoms with Gasteiger partial charge in [-0.05, 0) is 16.6 Å². The monoisotopic (exact) mass is 424 g/mol. The third-order valence-corrected chi connectivity index (χ3v) is 14.4. The highest BCUT2D eigenvalue weighted by Crippen LogP contribution is 2.32. The lowest BCUT2D eigenvalue weighted by molar-refractivity contribution is 0.267. The van der Waals surface area contributed by atoms with Gasteiger partial charge >= 0.3 is 27.9 Å². The third-order valence-electron chi connectivity index (χ3n) is 4.20. The van der Waals surface area contributed by atoms with Crippen LogP contribution in [0.4, 0.5) is 0 Å². The zero-order chi connectivity index (χ0) is 19.4. The van der Waals surface area contributed by atoms with Crippen LogP contribution in [-0.4, -0.2) is 79.3 Å². The molecule has 0 aromatic carbocycles. The Labute approximate surface area is 161 Å². The Morgan fingerprint density at radius 1 is 0.480 bits per heavy atom. The van der Waals surface area contributed by atoms with Crippen molar-refractivity contribution in [3.8, 4) is 0 Å². The minimum absolute atomic E-state index is 0.454. The summed E-state index contributed by atoms with van der Waals surface area (Å²) in [6.45, 7) is 6.74. The summed E-state index contributed by atoms with van der Waals surface area (Å²) in [6, 6.07) is 3.50. The SMILES string of the molecule is CO[Si](OC)C(C)C[Si](CC(C)[Si](OC)OC)CC(C)[Si](OC)OC. The van der Waals surface area contributed by atoms with Crippen molar-refractivity contribution in [3.63, 3.8) is 0 Å². The van der Waals surface area contributed by atoms with Crippen LogP contribution in [-0.2, 0) is 26.6 Å². The highest BCUT2D eigenvalue weighted by Gasteiger charge is 2.33. The van der Waals surface area contributed by atoms with E-state index in [0.29, 0.717) is 16.6 Å². The summed E-state index contributed by atoms with van der Waals surface area (Å²) in [4.78, 5) is 0. The number of hydrogen-bond donors (Lipinski definition) is 0. The zero-order valence-electron chi connectivity index (χ0n) is 17.3. The fourth-order valence-electron chi connectivity index (χ4n) is 3.26.